The minimum atomic E-state index is -0.891. The van der Waals surface area contributed by atoms with Gasteiger partial charge in [0.25, 0.3) is 0 Å². The molecule has 0 aliphatic rings. The third-order valence-corrected chi connectivity index (χ3v) is 4.06. The van der Waals surface area contributed by atoms with Gasteiger partial charge in [0.15, 0.2) is 0 Å². The highest BCUT2D eigenvalue weighted by atomic mass is 16.4. The van der Waals surface area contributed by atoms with Crippen molar-refractivity contribution in [3.05, 3.63) is 35.9 Å². The van der Waals surface area contributed by atoms with E-state index in [-0.39, 0.29) is 0 Å². The number of carboxylic acids is 1. The molecule has 4 nitrogen and oxygen atoms in total. The van der Waals surface area contributed by atoms with E-state index >= 15 is 0 Å². The second kappa shape index (κ2) is 7.57. The maximum Gasteiger partial charge on any atom is 0.315 e. The third-order valence-electron chi connectivity index (χ3n) is 4.06. The topological polar surface area (TPSA) is 43.8 Å². The lowest BCUT2D eigenvalue weighted by Crippen LogP contribution is -2.49. The fourth-order valence-corrected chi connectivity index (χ4v) is 2.72. The standard InChI is InChI=1S/C17H28N2O2/c1-6-19(14(2)12-18(4)5)13-17(3,16(20)21)15-10-8-7-9-11-15/h7-11,14H,6,12-13H2,1-5H3,(H,20,21). The summed E-state index contributed by atoms with van der Waals surface area (Å²) >= 11 is 0. The van der Waals surface area contributed by atoms with Crippen LogP contribution in [0.1, 0.15) is 26.3 Å². The van der Waals surface area contributed by atoms with Crippen LogP contribution >= 0.6 is 0 Å². The normalized spacial score (nSPS) is 16.0. The molecular weight excluding hydrogens is 264 g/mol. The van der Waals surface area contributed by atoms with Crippen molar-refractivity contribution in [1.82, 2.24) is 9.80 Å². The molecular formula is C17H28N2O2. The highest BCUT2D eigenvalue weighted by Crippen LogP contribution is 2.26. The van der Waals surface area contributed by atoms with E-state index in [1.807, 2.05) is 51.4 Å². The SMILES string of the molecule is CCN(CC(C)(C(=O)O)c1ccccc1)C(C)CN(C)C. The molecule has 0 saturated heterocycles. The lowest BCUT2D eigenvalue weighted by molar-refractivity contribution is -0.144. The van der Waals surface area contributed by atoms with Gasteiger partial charge in [-0.2, -0.15) is 0 Å². The number of aliphatic carboxylic acids is 1. The summed E-state index contributed by atoms with van der Waals surface area (Å²) in [5.74, 6) is -0.774. The van der Waals surface area contributed by atoms with E-state index in [4.69, 9.17) is 0 Å². The van der Waals surface area contributed by atoms with E-state index < -0.39 is 11.4 Å². The first-order valence-electron chi connectivity index (χ1n) is 7.49. The molecule has 0 aliphatic heterocycles. The van der Waals surface area contributed by atoms with Crippen LogP contribution in [-0.4, -0.2) is 60.6 Å². The third kappa shape index (κ3) is 4.55. The van der Waals surface area contributed by atoms with Gasteiger partial charge in [0.1, 0.15) is 5.41 Å². The zero-order valence-electron chi connectivity index (χ0n) is 13.8. The van der Waals surface area contributed by atoms with Crippen LogP contribution in [0.3, 0.4) is 0 Å². The van der Waals surface area contributed by atoms with Crippen molar-refractivity contribution in [1.29, 1.82) is 0 Å². The van der Waals surface area contributed by atoms with Crippen LogP contribution in [0.2, 0.25) is 0 Å². The highest BCUT2D eigenvalue weighted by molar-refractivity contribution is 5.81. The van der Waals surface area contributed by atoms with Crippen LogP contribution in [0.15, 0.2) is 30.3 Å². The van der Waals surface area contributed by atoms with Crippen LogP contribution in [0.25, 0.3) is 0 Å². The Morgan fingerprint density at radius 2 is 1.86 bits per heavy atom. The Balaban J connectivity index is 2.99. The molecule has 4 heteroatoms. The van der Waals surface area contributed by atoms with Crippen molar-refractivity contribution < 1.29 is 9.90 Å². The number of carboxylic acid groups (broad SMARTS) is 1. The summed E-state index contributed by atoms with van der Waals surface area (Å²) in [5.41, 5.74) is -0.0364. The molecule has 2 atom stereocenters. The fraction of sp³-hybridized carbons (Fsp3) is 0.588. The number of likely N-dealkylation sites (N-methyl/N-ethyl adjacent to an activating group) is 2. The molecule has 1 rings (SSSR count). The van der Waals surface area contributed by atoms with Crippen molar-refractivity contribution in [3.63, 3.8) is 0 Å². The Kier molecular flexibility index (Phi) is 6.37. The van der Waals surface area contributed by atoms with Crippen molar-refractivity contribution in [2.24, 2.45) is 0 Å². The van der Waals surface area contributed by atoms with Gasteiger partial charge in [-0.3, -0.25) is 9.69 Å². The summed E-state index contributed by atoms with van der Waals surface area (Å²) in [4.78, 5) is 16.3. The minimum Gasteiger partial charge on any atom is -0.481 e. The maximum atomic E-state index is 11.9. The average Bonchev–Trinajstić information content (AvgIpc) is 2.44. The molecule has 0 bridgehead atoms. The maximum absolute atomic E-state index is 11.9. The van der Waals surface area contributed by atoms with Gasteiger partial charge < -0.3 is 10.0 Å². The Morgan fingerprint density at radius 3 is 2.29 bits per heavy atom. The lowest BCUT2D eigenvalue weighted by atomic mass is 9.81. The quantitative estimate of drug-likeness (QED) is 0.798. The Bertz CT molecular complexity index is 447. The van der Waals surface area contributed by atoms with Crippen LogP contribution in [0.4, 0.5) is 0 Å². The summed E-state index contributed by atoms with van der Waals surface area (Å²) in [6.07, 6.45) is 0. The Hall–Kier alpha value is -1.39. The first kappa shape index (κ1) is 17.7. The predicted molar refractivity (Wildman–Crippen MR) is 86.7 cm³/mol. The Labute approximate surface area is 128 Å². The molecule has 118 valence electrons. The summed E-state index contributed by atoms with van der Waals surface area (Å²) in [6, 6.07) is 9.83. The molecule has 1 N–H and O–H groups in total. The molecule has 0 saturated carbocycles. The van der Waals surface area contributed by atoms with Gasteiger partial charge in [0, 0.05) is 19.1 Å². The molecule has 0 aromatic heterocycles. The van der Waals surface area contributed by atoms with Crippen molar-refractivity contribution >= 4 is 5.97 Å². The van der Waals surface area contributed by atoms with Gasteiger partial charge in [0.2, 0.25) is 0 Å². The zero-order chi connectivity index (χ0) is 16.0. The van der Waals surface area contributed by atoms with Gasteiger partial charge >= 0.3 is 5.97 Å². The molecule has 0 radical (unpaired) electrons. The molecule has 1 aromatic carbocycles. The lowest BCUT2D eigenvalue weighted by Gasteiger charge is -2.36. The molecule has 0 aliphatic carbocycles. The monoisotopic (exact) mass is 292 g/mol. The van der Waals surface area contributed by atoms with Gasteiger partial charge in [-0.25, -0.2) is 0 Å². The smallest absolute Gasteiger partial charge is 0.315 e. The van der Waals surface area contributed by atoms with E-state index in [1.54, 1.807) is 0 Å². The fourth-order valence-electron chi connectivity index (χ4n) is 2.72. The zero-order valence-corrected chi connectivity index (χ0v) is 13.8. The second-order valence-electron chi connectivity index (χ2n) is 6.18. The summed E-state index contributed by atoms with van der Waals surface area (Å²) in [5, 5.41) is 9.76. The summed E-state index contributed by atoms with van der Waals surface area (Å²) < 4.78 is 0. The number of hydrogen-bond acceptors (Lipinski definition) is 3. The Morgan fingerprint density at radius 1 is 1.29 bits per heavy atom. The highest BCUT2D eigenvalue weighted by Gasteiger charge is 2.37. The van der Waals surface area contributed by atoms with E-state index in [1.165, 1.54) is 0 Å². The van der Waals surface area contributed by atoms with E-state index in [9.17, 15) is 9.90 Å². The van der Waals surface area contributed by atoms with Gasteiger partial charge in [-0.05, 0) is 40.1 Å². The van der Waals surface area contributed by atoms with Gasteiger partial charge in [-0.1, -0.05) is 37.3 Å². The first-order chi connectivity index (χ1) is 9.81. The molecule has 2 unspecified atom stereocenters. The van der Waals surface area contributed by atoms with Crippen LogP contribution in [-0.2, 0) is 10.2 Å². The van der Waals surface area contributed by atoms with Crippen molar-refractivity contribution in [2.75, 3.05) is 33.7 Å². The largest absolute Gasteiger partial charge is 0.481 e. The minimum absolute atomic E-state index is 0.312. The molecule has 0 heterocycles. The summed E-state index contributed by atoms with van der Waals surface area (Å²) in [7, 11) is 4.08. The van der Waals surface area contributed by atoms with Crippen LogP contribution < -0.4 is 0 Å². The van der Waals surface area contributed by atoms with Gasteiger partial charge in [0.05, 0.1) is 0 Å². The van der Waals surface area contributed by atoms with Crippen LogP contribution in [0.5, 0.6) is 0 Å². The molecule has 1 aromatic rings. The molecule has 0 fully saturated rings. The van der Waals surface area contributed by atoms with E-state index in [0.717, 1.165) is 18.7 Å². The number of carbonyl (C=O) groups is 1. The molecule has 21 heavy (non-hydrogen) atoms. The first-order valence-corrected chi connectivity index (χ1v) is 7.49. The summed E-state index contributed by atoms with van der Waals surface area (Å²) in [6.45, 7) is 8.31. The average molecular weight is 292 g/mol. The predicted octanol–water partition coefficient (Wildman–Crippen LogP) is 2.30. The molecule has 0 spiro atoms. The number of rotatable bonds is 8. The number of nitrogens with zero attached hydrogens (tertiary/aromatic N) is 2. The molecule has 0 amide bonds. The number of hydrogen-bond donors (Lipinski definition) is 1. The van der Waals surface area contributed by atoms with E-state index in [0.29, 0.717) is 12.6 Å². The van der Waals surface area contributed by atoms with Gasteiger partial charge in [-0.15, -0.1) is 0 Å². The van der Waals surface area contributed by atoms with Crippen molar-refractivity contribution in [2.45, 2.75) is 32.2 Å². The number of benzene rings is 1. The van der Waals surface area contributed by atoms with Crippen molar-refractivity contribution in [3.8, 4) is 0 Å². The van der Waals surface area contributed by atoms with Crippen LogP contribution in [0, 0.1) is 0 Å². The second-order valence-corrected chi connectivity index (χ2v) is 6.18. The van der Waals surface area contributed by atoms with E-state index in [2.05, 4.69) is 23.6 Å².